The minimum absolute atomic E-state index is 0.0422. The predicted molar refractivity (Wildman–Crippen MR) is 65.2 cm³/mol. The first kappa shape index (κ1) is 12.0. The molecule has 0 unspecified atom stereocenters. The summed E-state index contributed by atoms with van der Waals surface area (Å²) in [6.07, 6.45) is 3.11. The molecule has 0 saturated carbocycles. The van der Waals surface area contributed by atoms with Gasteiger partial charge in [-0.3, -0.25) is 9.78 Å². The zero-order valence-corrected chi connectivity index (χ0v) is 10.1. The van der Waals surface area contributed by atoms with Gasteiger partial charge in [0, 0.05) is 22.8 Å². The largest absolute Gasteiger partial charge is 0.398 e. The Morgan fingerprint density at radius 3 is 2.73 bits per heavy atom. The molecular weight excluding hydrogens is 208 g/mol. The third-order valence-corrected chi connectivity index (χ3v) is 3.06. The van der Waals surface area contributed by atoms with E-state index in [1.165, 1.54) is 6.20 Å². The molecule has 0 aliphatic heterocycles. The van der Waals surface area contributed by atoms with Crippen LogP contribution < -0.4 is 5.73 Å². The molecule has 1 aromatic rings. The smallest absolute Gasteiger partial charge is 0.176 e. The van der Waals surface area contributed by atoms with Gasteiger partial charge in [0.15, 0.2) is 5.78 Å². The van der Waals surface area contributed by atoms with E-state index in [0.717, 1.165) is 0 Å². The molecule has 0 aromatic carbocycles. The highest BCUT2D eigenvalue weighted by atomic mass is 32.2. The Bertz CT molecular complexity index is 358. The fourth-order valence-electron chi connectivity index (χ4n) is 0.998. The lowest BCUT2D eigenvalue weighted by Gasteiger charge is -2.16. The second-order valence-electron chi connectivity index (χ2n) is 4.29. The summed E-state index contributed by atoms with van der Waals surface area (Å²) in [7, 11) is 0. The lowest BCUT2D eigenvalue weighted by Crippen LogP contribution is -2.14. The number of carbonyl (C=O) groups excluding carboxylic acids is 1. The first-order chi connectivity index (χ1) is 6.90. The molecule has 82 valence electrons. The van der Waals surface area contributed by atoms with E-state index >= 15 is 0 Å². The average Bonchev–Trinajstić information content (AvgIpc) is 2.14. The van der Waals surface area contributed by atoms with Crippen molar-refractivity contribution in [3.63, 3.8) is 0 Å². The highest BCUT2D eigenvalue weighted by Gasteiger charge is 2.15. The second-order valence-corrected chi connectivity index (χ2v) is 6.09. The van der Waals surface area contributed by atoms with Gasteiger partial charge >= 0.3 is 0 Å². The van der Waals surface area contributed by atoms with Crippen molar-refractivity contribution in [2.45, 2.75) is 25.5 Å². The number of pyridine rings is 1. The van der Waals surface area contributed by atoms with Crippen molar-refractivity contribution in [3.05, 3.63) is 24.0 Å². The van der Waals surface area contributed by atoms with Crippen LogP contribution in [0.3, 0.4) is 0 Å². The molecule has 0 amide bonds. The number of Topliss-reactive ketones (excluding diaryl/α,β-unsaturated/α-hetero) is 1. The van der Waals surface area contributed by atoms with Crippen molar-refractivity contribution in [3.8, 4) is 0 Å². The summed E-state index contributed by atoms with van der Waals surface area (Å²) in [5.41, 5.74) is 6.72. The number of hydrogen-bond donors (Lipinski definition) is 1. The van der Waals surface area contributed by atoms with E-state index in [2.05, 4.69) is 25.8 Å². The number of nitrogens with zero attached hydrogens (tertiary/aromatic N) is 1. The quantitative estimate of drug-likeness (QED) is 0.801. The Balaban J connectivity index is 2.66. The van der Waals surface area contributed by atoms with Crippen LogP contribution in [-0.4, -0.2) is 21.3 Å². The number of anilines is 1. The van der Waals surface area contributed by atoms with E-state index in [9.17, 15) is 4.79 Å². The number of nitrogens with two attached hydrogens (primary N) is 1. The maximum Gasteiger partial charge on any atom is 0.176 e. The molecule has 0 spiro atoms. The molecule has 1 rings (SSSR count). The first-order valence-corrected chi connectivity index (χ1v) is 5.75. The Morgan fingerprint density at radius 2 is 2.20 bits per heavy atom. The summed E-state index contributed by atoms with van der Waals surface area (Å²) < 4.78 is 0.0899. The van der Waals surface area contributed by atoms with Crippen LogP contribution in [0.1, 0.15) is 31.1 Å². The van der Waals surface area contributed by atoms with Crippen LogP contribution in [0.5, 0.6) is 0 Å². The molecule has 15 heavy (non-hydrogen) atoms. The monoisotopic (exact) mass is 224 g/mol. The first-order valence-electron chi connectivity index (χ1n) is 4.77. The van der Waals surface area contributed by atoms with E-state index in [-0.39, 0.29) is 10.5 Å². The maximum absolute atomic E-state index is 11.8. The molecule has 0 atom stereocenters. The maximum atomic E-state index is 11.8. The molecule has 0 aliphatic carbocycles. The van der Waals surface area contributed by atoms with Gasteiger partial charge in [-0.25, -0.2) is 0 Å². The number of carbonyl (C=O) groups is 1. The number of rotatable bonds is 3. The van der Waals surface area contributed by atoms with Gasteiger partial charge in [-0.2, -0.15) is 0 Å². The molecule has 0 aliphatic rings. The van der Waals surface area contributed by atoms with E-state index in [0.29, 0.717) is 17.0 Å². The van der Waals surface area contributed by atoms with Crippen molar-refractivity contribution < 1.29 is 4.79 Å². The normalized spacial score (nSPS) is 11.4. The van der Waals surface area contributed by atoms with Crippen molar-refractivity contribution in [2.75, 3.05) is 11.5 Å². The summed E-state index contributed by atoms with van der Waals surface area (Å²) in [6, 6.07) is 1.65. The highest BCUT2D eigenvalue weighted by Crippen LogP contribution is 2.24. The minimum Gasteiger partial charge on any atom is -0.398 e. The van der Waals surface area contributed by atoms with Gasteiger partial charge in [-0.15, -0.1) is 11.8 Å². The minimum atomic E-state index is 0.0422. The van der Waals surface area contributed by atoms with Gasteiger partial charge in [-0.05, 0) is 6.07 Å². The van der Waals surface area contributed by atoms with Gasteiger partial charge in [-0.1, -0.05) is 20.8 Å². The van der Waals surface area contributed by atoms with Crippen molar-refractivity contribution in [1.29, 1.82) is 0 Å². The molecule has 3 nitrogen and oxygen atoms in total. The number of nitrogen functional groups attached to an aromatic ring is 1. The van der Waals surface area contributed by atoms with Crippen molar-refractivity contribution in [1.82, 2.24) is 4.98 Å². The highest BCUT2D eigenvalue weighted by molar-refractivity contribution is 8.01. The predicted octanol–water partition coefficient (Wildman–Crippen LogP) is 2.38. The standard InChI is InChI=1S/C11H16N2OS/c1-11(2,3)15-7-10(14)8-6-13-5-4-9(8)12/h4-6H,7H2,1-3H3,(H2,12,13). The van der Waals surface area contributed by atoms with Crippen LogP contribution in [0.25, 0.3) is 0 Å². The molecule has 4 heteroatoms. The number of ketones is 1. The van der Waals surface area contributed by atoms with Crippen LogP contribution in [0, 0.1) is 0 Å². The summed E-state index contributed by atoms with van der Waals surface area (Å²) in [6.45, 7) is 6.24. The number of hydrogen-bond acceptors (Lipinski definition) is 4. The SMILES string of the molecule is CC(C)(C)SCC(=O)c1cnccc1N. The Kier molecular flexibility index (Phi) is 3.74. The van der Waals surface area contributed by atoms with Gasteiger partial charge in [0.1, 0.15) is 0 Å². The van der Waals surface area contributed by atoms with Crippen LogP contribution in [0.2, 0.25) is 0 Å². The van der Waals surface area contributed by atoms with Crippen molar-refractivity contribution in [2.24, 2.45) is 0 Å². The Labute approximate surface area is 94.5 Å². The van der Waals surface area contributed by atoms with Crippen LogP contribution in [0.15, 0.2) is 18.5 Å². The molecular formula is C11H16N2OS. The zero-order valence-electron chi connectivity index (χ0n) is 9.28. The topological polar surface area (TPSA) is 56.0 Å². The third kappa shape index (κ3) is 3.91. The average molecular weight is 224 g/mol. The second kappa shape index (κ2) is 4.66. The molecule has 0 radical (unpaired) electrons. The lowest BCUT2D eigenvalue weighted by atomic mass is 10.2. The van der Waals surface area contributed by atoms with E-state index in [4.69, 9.17) is 5.73 Å². The van der Waals surface area contributed by atoms with E-state index in [1.54, 1.807) is 24.0 Å². The van der Waals surface area contributed by atoms with Gasteiger partial charge in [0.05, 0.1) is 11.3 Å². The van der Waals surface area contributed by atoms with Gasteiger partial charge in [0.25, 0.3) is 0 Å². The van der Waals surface area contributed by atoms with Crippen LogP contribution in [0.4, 0.5) is 5.69 Å². The van der Waals surface area contributed by atoms with Gasteiger partial charge < -0.3 is 5.73 Å². The molecule has 1 heterocycles. The van der Waals surface area contributed by atoms with Crippen LogP contribution in [-0.2, 0) is 0 Å². The van der Waals surface area contributed by atoms with Crippen molar-refractivity contribution >= 4 is 23.2 Å². The van der Waals surface area contributed by atoms with E-state index in [1.807, 2.05) is 0 Å². The lowest BCUT2D eigenvalue weighted by molar-refractivity contribution is 0.102. The Hall–Kier alpha value is -1.03. The van der Waals surface area contributed by atoms with Crippen LogP contribution >= 0.6 is 11.8 Å². The molecule has 1 aromatic heterocycles. The number of aromatic nitrogens is 1. The van der Waals surface area contributed by atoms with E-state index < -0.39 is 0 Å². The molecule has 0 saturated heterocycles. The van der Waals surface area contributed by atoms with Gasteiger partial charge in [0.2, 0.25) is 0 Å². The fraction of sp³-hybridized carbons (Fsp3) is 0.455. The molecule has 2 N–H and O–H groups in total. The summed E-state index contributed by atoms with van der Waals surface area (Å²) >= 11 is 1.61. The summed E-state index contributed by atoms with van der Waals surface area (Å²) in [5, 5.41) is 0. The zero-order chi connectivity index (χ0) is 11.5. The number of thioether (sulfide) groups is 1. The summed E-state index contributed by atoms with van der Waals surface area (Å²) in [4.78, 5) is 15.7. The molecule has 0 bridgehead atoms. The summed E-state index contributed by atoms with van der Waals surface area (Å²) in [5.74, 6) is 0.486. The Morgan fingerprint density at radius 1 is 1.53 bits per heavy atom. The fourth-order valence-corrected chi connectivity index (χ4v) is 1.72. The molecule has 0 fully saturated rings. The third-order valence-electron chi connectivity index (χ3n) is 1.79.